The van der Waals surface area contributed by atoms with E-state index in [1.54, 1.807) is 19.1 Å². The fraction of sp³-hybridized carbons (Fsp3) is 0.314. The molecule has 2 aliphatic rings. The summed E-state index contributed by atoms with van der Waals surface area (Å²) in [6, 6.07) is 9.40. The summed E-state index contributed by atoms with van der Waals surface area (Å²) in [6.07, 6.45) is -11.2. The molecule has 268 valence electrons. The van der Waals surface area contributed by atoms with E-state index < -0.39 is 70.9 Å². The van der Waals surface area contributed by atoms with Gasteiger partial charge in [0.05, 0.1) is 41.6 Å². The van der Waals surface area contributed by atoms with Crippen molar-refractivity contribution in [1.82, 2.24) is 14.9 Å². The van der Waals surface area contributed by atoms with Crippen LogP contribution in [0.3, 0.4) is 0 Å². The average molecular weight is 722 g/mol. The van der Waals surface area contributed by atoms with E-state index >= 15 is 0 Å². The molecule has 0 bridgehead atoms. The van der Waals surface area contributed by atoms with E-state index in [4.69, 9.17) is 9.47 Å². The minimum Gasteiger partial charge on any atom is -0.481 e. The summed E-state index contributed by atoms with van der Waals surface area (Å²) in [5, 5.41) is 9.37. The zero-order valence-corrected chi connectivity index (χ0v) is 26.9. The van der Waals surface area contributed by atoms with Gasteiger partial charge in [0.25, 0.3) is 5.92 Å². The van der Waals surface area contributed by atoms with Crippen molar-refractivity contribution >= 4 is 12.1 Å². The number of carboxylic acid groups (broad SMARTS) is 1. The molecule has 8 nitrogen and oxygen atoms in total. The highest BCUT2D eigenvalue weighted by molar-refractivity contribution is 5.89. The first-order chi connectivity index (χ1) is 23.7. The first-order valence-corrected chi connectivity index (χ1v) is 15.3. The third-order valence-electron chi connectivity index (χ3n) is 8.99. The zero-order valence-electron chi connectivity index (χ0n) is 26.9. The minimum atomic E-state index is -5.14. The Morgan fingerprint density at radius 3 is 2.10 bits per heavy atom. The largest absolute Gasteiger partial charge is 0.481 e. The Morgan fingerprint density at radius 2 is 1.57 bits per heavy atom. The number of nitrogens with zero attached hydrogens (tertiary/aromatic N) is 3. The Kier molecular flexibility index (Phi) is 8.50. The van der Waals surface area contributed by atoms with Crippen LogP contribution < -0.4 is 4.74 Å². The maximum absolute atomic E-state index is 14.6. The molecule has 2 aromatic carbocycles. The third-order valence-corrected chi connectivity index (χ3v) is 8.99. The number of amides is 1. The number of aromatic nitrogens is 2. The smallest absolute Gasteiger partial charge is 0.416 e. The normalized spacial score (nSPS) is 17.1. The lowest BCUT2D eigenvalue weighted by atomic mass is 9.94. The first-order valence-electron chi connectivity index (χ1n) is 15.3. The van der Waals surface area contributed by atoms with Gasteiger partial charge < -0.3 is 14.6 Å². The summed E-state index contributed by atoms with van der Waals surface area (Å²) in [7, 11) is 1.31. The van der Waals surface area contributed by atoms with Gasteiger partial charge in [0.15, 0.2) is 6.10 Å². The standard InChI is InChI=1S/C35H27F8N3O5/c1-17-10-18(30(47)48)4-5-23(17)20-13-25(29(50-3)44-15-20)24-6-7-27(32(2,36)37)45-26(24)16-46-31(49)51-28(33(46)8-9-33)19-11-21(34(38,39)40)14-22(12-19)35(41,42)43/h4-7,10-15,28H,8-9,16H2,1-3H3,(H,47,48)/t28-/m1/s1. The number of alkyl halides is 8. The second-order valence-electron chi connectivity index (χ2n) is 12.5. The van der Waals surface area contributed by atoms with Crippen molar-refractivity contribution in [2.45, 2.75) is 63.2 Å². The number of halogens is 8. The van der Waals surface area contributed by atoms with E-state index in [2.05, 4.69) is 9.97 Å². The number of aryl methyl sites for hydroxylation is 1. The van der Waals surface area contributed by atoms with Crippen molar-refractivity contribution in [2.24, 2.45) is 0 Å². The number of hydrogen-bond acceptors (Lipinski definition) is 6. The van der Waals surface area contributed by atoms with Gasteiger partial charge in [0.2, 0.25) is 5.88 Å². The number of aromatic carboxylic acids is 1. The lowest BCUT2D eigenvalue weighted by Crippen LogP contribution is -2.36. The van der Waals surface area contributed by atoms with Gasteiger partial charge in [-0.1, -0.05) is 12.1 Å². The molecule has 1 N–H and O–H groups in total. The van der Waals surface area contributed by atoms with Gasteiger partial charge in [-0.3, -0.25) is 4.90 Å². The van der Waals surface area contributed by atoms with Crippen LogP contribution in [0, 0.1) is 6.92 Å². The minimum absolute atomic E-state index is 0.0260. The third kappa shape index (κ3) is 6.66. The van der Waals surface area contributed by atoms with Crippen LogP contribution in [0.4, 0.5) is 39.9 Å². The van der Waals surface area contributed by atoms with E-state index in [1.165, 1.54) is 31.5 Å². The van der Waals surface area contributed by atoms with Gasteiger partial charge in [-0.2, -0.15) is 35.1 Å². The number of ether oxygens (including phenoxy) is 2. The molecule has 1 spiro atoms. The first kappa shape index (κ1) is 35.5. The Hall–Kier alpha value is -5.28. The van der Waals surface area contributed by atoms with Gasteiger partial charge in [0.1, 0.15) is 5.69 Å². The van der Waals surface area contributed by atoms with Crippen LogP contribution in [0.25, 0.3) is 22.3 Å². The molecule has 0 unspecified atom stereocenters. The van der Waals surface area contributed by atoms with Crippen molar-refractivity contribution in [2.75, 3.05) is 7.11 Å². The van der Waals surface area contributed by atoms with Crippen LogP contribution in [0.15, 0.2) is 60.8 Å². The highest BCUT2D eigenvalue weighted by Crippen LogP contribution is 2.58. The maximum atomic E-state index is 14.6. The lowest BCUT2D eigenvalue weighted by Gasteiger charge is -2.26. The highest BCUT2D eigenvalue weighted by atomic mass is 19.4. The van der Waals surface area contributed by atoms with Gasteiger partial charge >= 0.3 is 24.4 Å². The number of methoxy groups -OCH3 is 1. The van der Waals surface area contributed by atoms with Crippen molar-refractivity contribution in [1.29, 1.82) is 0 Å². The summed E-state index contributed by atoms with van der Waals surface area (Å²) in [4.78, 5) is 34.5. The molecule has 1 amide bonds. The van der Waals surface area contributed by atoms with E-state index in [-0.39, 0.29) is 47.2 Å². The fourth-order valence-electron chi connectivity index (χ4n) is 6.33. The van der Waals surface area contributed by atoms with Crippen LogP contribution in [-0.2, 0) is 29.6 Å². The number of benzene rings is 2. The van der Waals surface area contributed by atoms with Crippen molar-refractivity contribution < 1.29 is 59.3 Å². The molecule has 1 aliphatic carbocycles. The summed E-state index contributed by atoms with van der Waals surface area (Å²) >= 11 is 0. The predicted molar refractivity (Wildman–Crippen MR) is 164 cm³/mol. The van der Waals surface area contributed by atoms with Crippen LogP contribution >= 0.6 is 0 Å². The van der Waals surface area contributed by atoms with E-state index in [0.717, 1.165) is 11.0 Å². The van der Waals surface area contributed by atoms with Crippen molar-refractivity contribution in [3.05, 3.63) is 100.0 Å². The number of carboxylic acids is 1. The summed E-state index contributed by atoms with van der Waals surface area (Å²) in [5.74, 6) is -4.55. The molecular formula is C35H27F8N3O5. The van der Waals surface area contributed by atoms with Crippen LogP contribution in [-0.4, -0.2) is 44.7 Å². The Balaban J connectivity index is 1.45. The number of hydrogen-bond donors (Lipinski definition) is 1. The molecule has 6 rings (SSSR count). The molecule has 16 heteroatoms. The lowest BCUT2D eigenvalue weighted by molar-refractivity contribution is -0.143. The van der Waals surface area contributed by atoms with Crippen LogP contribution in [0.5, 0.6) is 5.88 Å². The number of carbonyl (C=O) groups is 2. The molecule has 3 heterocycles. The van der Waals surface area contributed by atoms with Gasteiger partial charge in [0, 0.05) is 29.8 Å². The Bertz CT molecular complexity index is 2020. The molecule has 2 aromatic heterocycles. The maximum Gasteiger partial charge on any atom is 0.416 e. The molecule has 51 heavy (non-hydrogen) atoms. The summed E-state index contributed by atoms with van der Waals surface area (Å²) < 4.78 is 122. The van der Waals surface area contributed by atoms with Crippen molar-refractivity contribution in [3.63, 3.8) is 0 Å². The zero-order chi connectivity index (χ0) is 37.3. The van der Waals surface area contributed by atoms with Gasteiger partial charge in [-0.25, -0.2) is 19.6 Å². The van der Waals surface area contributed by atoms with E-state index in [1.807, 2.05) is 0 Å². The monoisotopic (exact) mass is 721 g/mol. The molecule has 1 saturated carbocycles. The fourth-order valence-corrected chi connectivity index (χ4v) is 6.33. The Morgan fingerprint density at radius 1 is 0.941 bits per heavy atom. The summed E-state index contributed by atoms with van der Waals surface area (Å²) in [5.41, 5.74) is -3.71. The number of rotatable bonds is 8. The number of cyclic esters (lactones) is 1. The summed E-state index contributed by atoms with van der Waals surface area (Å²) in [6.45, 7) is 1.78. The topological polar surface area (TPSA) is 102 Å². The second-order valence-corrected chi connectivity index (χ2v) is 12.5. The average Bonchev–Trinajstić information content (AvgIpc) is 3.80. The SMILES string of the molecule is COc1ncc(-c2ccc(C(=O)O)cc2C)cc1-c1ccc(C(C)(F)F)nc1CN1C(=O)O[C@H](c2cc(C(F)(F)F)cc(C(F)(F)F)c2)C12CC2. The molecule has 4 aromatic rings. The van der Waals surface area contributed by atoms with Gasteiger partial charge in [-0.05, 0) is 78.9 Å². The molecule has 1 aliphatic heterocycles. The molecule has 2 fully saturated rings. The van der Waals surface area contributed by atoms with Crippen LogP contribution in [0.2, 0.25) is 0 Å². The quantitative estimate of drug-likeness (QED) is 0.181. The second kappa shape index (κ2) is 12.2. The van der Waals surface area contributed by atoms with Crippen molar-refractivity contribution in [3.8, 4) is 28.1 Å². The van der Waals surface area contributed by atoms with E-state index in [0.29, 0.717) is 35.7 Å². The van der Waals surface area contributed by atoms with Gasteiger partial charge in [-0.15, -0.1) is 0 Å². The number of carbonyl (C=O) groups excluding carboxylic acids is 1. The predicted octanol–water partition coefficient (Wildman–Crippen LogP) is 9.20. The van der Waals surface area contributed by atoms with Crippen LogP contribution in [0.1, 0.15) is 69.9 Å². The number of pyridine rings is 2. The molecular weight excluding hydrogens is 694 g/mol. The Labute approximate surface area is 284 Å². The van der Waals surface area contributed by atoms with E-state index in [9.17, 15) is 49.8 Å². The highest BCUT2D eigenvalue weighted by Gasteiger charge is 2.64. The molecule has 1 atom stereocenters. The molecule has 1 saturated heterocycles. The molecule has 0 radical (unpaired) electrons.